The molecule has 4 heteroatoms. The summed E-state index contributed by atoms with van der Waals surface area (Å²) >= 11 is 0. The molecule has 1 aromatic rings. The molecule has 0 spiro atoms. The third kappa shape index (κ3) is 2.82. The Morgan fingerprint density at radius 2 is 2.06 bits per heavy atom. The fraction of sp³-hybridized carbons (Fsp3) is 0.500. The molecule has 0 aliphatic heterocycles. The number of carbonyl (C=O) groups is 1. The van der Waals surface area contributed by atoms with Crippen LogP contribution in [0.3, 0.4) is 0 Å². The summed E-state index contributed by atoms with van der Waals surface area (Å²) in [6, 6.07) is 7.77. The van der Waals surface area contributed by atoms with Gasteiger partial charge in [0, 0.05) is 13.1 Å². The van der Waals surface area contributed by atoms with Crippen LogP contribution in [0.2, 0.25) is 0 Å². The number of benzene rings is 1. The van der Waals surface area contributed by atoms with Crippen LogP contribution in [-0.2, 0) is 11.3 Å². The Hall–Kier alpha value is -1.55. The van der Waals surface area contributed by atoms with Gasteiger partial charge < -0.3 is 15.8 Å². The van der Waals surface area contributed by atoms with E-state index >= 15 is 0 Å². The Morgan fingerprint density at radius 1 is 1.39 bits per heavy atom. The van der Waals surface area contributed by atoms with Crippen molar-refractivity contribution in [1.82, 2.24) is 5.32 Å². The molecule has 1 aliphatic carbocycles. The van der Waals surface area contributed by atoms with Gasteiger partial charge in [0.05, 0.1) is 12.0 Å². The number of nitrogens with two attached hydrogens (primary N) is 1. The largest absolute Gasteiger partial charge is 0.494 e. The quantitative estimate of drug-likeness (QED) is 0.800. The van der Waals surface area contributed by atoms with Crippen molar-refractivity contribution >= 4 is 5.91 Å². The summed E-state index contributed by atoms with van der Waals surface area (Å²) < 4.78 is 5.36. The third-order valence-corrected chi connectivity index (χ3v) is 3.41. The van der Waals surface area contributed by atoms with Crippen molar-refractivity contribution in [1.29, 1.82) is 0 Å². The lowest BCUT2D eigenvalue weighted by molar-refractivity contribution is -0.126. The van der Waals surface area contributed by atoms with Gasteiger partial charge in [0.1, 0.15) is 5.75 Å². The first-order chi connectivity index (χ1) is 8.70. The summed E-state index contributed by atoms with van der Waals surface area (Å²) in [7, 11) is 0. The van der Waals surface area contributed by atoms with E-state index in [0.717, 1.165) is 24.2 Å². The molecule has 0 radical (unpaired) electrons. The van der Waals surface area contributed by atoms with Crippen LogP contribution in [0.4, 0.5) is 0 Å². The SMILES string of the molecule is CCOc1ccc(CNC(=O)C2(CN)CC2)cc1. The maximum atomic E-state index is 11.9. The minimum absolute atomic E-state index is 0.0823. The molecule has 3 N–H and O–H groups in total. The Kier molecular flexibility index (Phi) is 3.87. The summed E-state index contributed by atoms with van der Waals surface area (Å²) in [6.07, 6.45) is 1.83. The van der Waals surface area contributed by atoms with Crippen LogP contribution in [-0.4, -0.2) is 19.1 Å². The average molecular weight is 248 g/mol. The molecule has 4 nitrogen and oxygen atoms in total. The van der Waals surface area contributed by atoms with E-state index in [-0.39, 0.29) is 11.3 Å². The van der Waals surface area contributed by atoms with Crippen LogP contribution in [0.5, 0.6) is 5.75 Å². The molecule has 1 aliphatic rings. The fourth-order valence-corrected chi connectivity index (χ4v) is 1.91. The van der Waals surface area contributed by atoms with Crippen molar-refractivity contribution in [3.8, 4) is 5.75 Å². The zero-order valence-corrected chi connectivity index (χ0v) is 10.7. The van der Waals surface area contributed by atoms with Crippen LogP contribution < -0.4 is 15.8 Å². The smallest absolute Gasteiger partial charge is 0.227 e. The van der Waals surface area contributed by atoms with Gasteiger partial charge in [-0.1, -0.05) is 12.1 Å². The van der Waals surface area contributed by atoms with E-state index in [9.17, 15) is 4.79 Å². The Morgan fingerprint density at radius 3 is 2.56 bits per heavy atom. The fourth-order valence-electron chi connectivity index (χ4n) is 1.91. The van der Waals surface area contributed by atoms with Crippen molar-refractivity contribution in [2.45, 2.75) is 26.3 Å². The van der Waals surface area contributed by atoms with E-state index in [1.165, 1.54) is 0 Å². The van der Waals surface area contributed by atoms with E-state index in [1.54, 1.807) is 0 Å². The van der Waals surface area contributed by atoms with E-state index in [4.69, 9.17) is 10.5 Å². The molecule has 1 amide bonds. The van der Waals surface area contributed by atoms with Crippen LogP contribution in [0.15, 0.2) is 24.3 Å². The highest BCUT2D eigenvalue weighted by molar-refractivity contribution is 5.85. The number of carbonyl (C=O) groups excluding carboxylic acids is 1. The number of hydrogen-bond donors (Lipinski definition) is 2. The second-order valence-electron chi connectivity index (χ2n) is 4.74. The van der Waals surface area contributed by atoms with Gasteiger partial charge in [0.25, 0.3) is 0 Å². The van der Waals surface area contributed by atoms with Crippen LogP contribution >= 0.6 is 0 Å². The molecule has 18 heavy (non-hydrogen) atoms. The molecule has 0 bridgehead atoms. The monoisotopic (exact) mass is 248 g/mol. The van der Waals surface area contributed by atoms with E-state index in [2.05, 4.69) is 5.32 Å². The molecule has 2 rings (SSSR count). The molecule has 1 fully saturated rings. The van der Waals surface area contributed by atoms with Gasteiger partial charge in [0.2, 0.25) is 5.91 Å². The number of hydrogen-bond acceptors (Lipinski definition) is 3. The zero-order valence-electron chi connectivity index (χ0n) is 10.7. The average Bonchev–Trinajstić information content (AvgIpc) is 3.19. The van der Waals surface area contributed by atoms with E-state index in [1.807, 2.05) is 31.2 Å². The van der Waals surface area contributed by atoms with Gasteiger partial charge in [0.15, 0.2) is 0 Å². The van der Waals surface area contributed by atoms with Gasteiger partial charge in [-0.2, -0.15) is 0 Å². The molecular weight excluding hydrogens is 228 g/mol. The lowest BCUT2D eigenvalue weighted by atomic mass is 10.1. The molecule has 0 unspecified atom stereocenters. The van der Waals surface area contributed by atoms with Gasteiger partial charge in [-0.15, -0.1) is 0 Å². The zero-order chi connectivity index (χ0) is 13.0. The maximum Gasteiger partial charge on any atom is 0.227 e. The van der Waals surface area contributed by atoms with Gasteiger partial charge in [-0.25, -0.2) is 0 Å². The lowest BCUT2D eigenvalue weighted by Crippen LogP contribution is -2.36. The van der Waals surface area contributed by atoms with Crippen LogP contribution in [0.1, 0.15) is 25.3 Å². The Labute approximate surface area is 108 Å². The normalized spacial score (nSPS) is 16.1. The minimum atomic E-state index is -0.273. The lowest BCUT2D eigenvalue weighted by Gasteiger charge is -2.13. The van der Waals surface area contributed by atoms with Crippen molar-refractivity contribution in [2.24, 2.45) is 11.1 Å². The first kappa shape index (κ1) is 12.9. The second-order valence-corrected chi connectivity index (χ2v) is 4.74. The maximum absolute atomic E-state index is 11.9. The molecule has 0 heterocycles. The first-order valence-electron chi connectivity index (χ1n) is 6.40. The summed E-state index contributed by atoms with van der Waals surface area (Å²) in [6.45, 7) is 3.61. The topological polar surface area (TPSA) is 64.3 Å². The van der Waals surface area contributed by atoms with Gasteiger partial charge in [-0.05, 0) is 37.5 Å². The predicted octanol–water partition coefficient (Wildman–Crippen LogP) is 1.44. The number of amides is 1. The van der Waals surface area contributed by atoms with E-state index in [0.29, 0.717) is 19.7 Å². The summed E-state index contributed by atoms with van der Waals surface area (Å²) in [5, 5.41) is 2.94. The summed E-state index contributed by atoms with van der Waals surface area (Å²) in [5.41, 5.74) is 6.41. The van der Waals surface area contributed by atoms with Crippen molar-refractivity contribution < 1.29 is 9.53 Å². The van der Waals surface area contributed by atoms with E-state index < -0.39 is 0 Å². The first-order valence-corrected chi connectivity index (χ1v) is 6.40. The Balaban J connectivity index is 1.85. The highest BCUT2D eigenvalue weighted by Crippen LogP contribution is 2.44. The molecule has 0 aromatic heterocycles. The predicted molar refractivity (Wildman–Crippen MR) is 70.2 cm³/mol. The number of ether oxygens (including phenoxy) is 1. The Bertz CT molecular complexity index is 410. The standard InChI is InChI=1S/C14H20N2O2/c1-2-18-12-5-3-11(4-6-12)9-16-13(17)14(10-15)7-8-14/h3-6H,2,7-10,15H2,1H3,(H,16,17). The number of rotatable bonds is 6. The number of nitrogens with one attached hydrogen (secondary N) is 1. The third-order valence-electron chi connectivity index (χ3n) is 3.41. The van der Waals surface area contributed by atoms with Crippen LogP contribution in [0, 0.1) is 5.41 Å². The van der Waals surface area contributed by atoms with Crippen molar-refractivity contribution in [2.75, 3.05) is 13.2 Å². The van der Waals surface area contributed by atoms with Gasteiger partial charge in [-0.3, -0.25) is 4.79 Å². The molecule has 1 aromatic carbocycles. The summed E-state index contributed by atoms with van der Waals surface area (Å²) in [4.78, 5) is 11.9. The second kappa shape index (κ2) is 5.40. The van der Waals surface area contributed by atoms with Gasteiger partial charge >= 0.3 is 0 Å². The van der Waals surface area contributed by atoms with Crippen LogP contribution in [0.25, 0.3) is 0 Å². The molecule has 0 saturated heterocycles. The minimum Gasteiger partial charge on any atom is -0.494 e. The molecule has 0 atom stereocenters. The van der Waals surface area contributed by atoms with Crippen molar-refractivity contribution in [3.63, 3.8) is 0 Å². The molecular formula is C14H20N2O2. The molecule has 98 valence electrons. The highest BCUT2D eigenvalue weighted by Gasteiger charge is 2.48. The summed E-state index contributed by atoms with van der Waals surface area (Å²) in [5.74, 6) is 0.937. The molecule has 1 saturated carbocycles. The highest BCUT2D eigenvalue weighted by atomic mass is 16.5. The van der Waals surface area contributed by atoms with Crippen molar-refractivity contribution in [3.05, 3.63) is 29.8 Å².